The Morgan fingerprint density at radius 2 is 2.03 bits per heavy atom. The van der Waals surface area contributed by atoms with Gasteiger partial charge in [0.25, 0.3) is 0 Å². The van der Waals surface area contributed by atoms with Gasteiger partial charge in [-0.15, -0.1) is 0 Å². The van der Waals surface area contributed by atoms with Crippen LogP contribution in [0.4, 0.5) is 11.6 Å². The molecule has 0 aliphatic carbocycles. The summed E-state index contributed by atoms with van der Waals surface area (Å²) in [7, 11) is 1.92. The molecule has 4 heterocycles. The molecule has 188 valence electrons. The molecule has 0 radical (unpaired) electrons. The van der Waals surface area contributed by atoms with Crippen molar-refractivity contribution < 1.29 is 9.53 Å². The van der Waals surface area contributed by atoms with E-state index in [0.29, 0.717) is 11.8 Å². The molecule has 36 heavy (non-hydrogen) atoms. The third-order valence-electron chi connectivity index (χ3n) is 6.80. The zero-order chi connectivity index (χ0) is 25.2. The molecule has 10 heteroatoms. The van der Waals surface area contributed by atoms with E-state index in [4.69, 9.17) is 4.74 Å². The molecule has 0 spiro atoms. The highest BCUT2D eigenvalue weighted by atomic mass is 16.5. The van der Waals surface area contributed by atoms with E-state index in [1.807, 2.05) is 69.2 Å². The second-order valence-corrected chi connectivity index (χ2v) is 9.36. The van der Waals surface area contributed by atoms with E-state index >= 15 is 0 Å². The number of hydrogen-bond donors (Lipinski definition) is 1. The number of fused-ring (bicyclic) bond motifs is 1. The number of esters is 1. The number of carbonyl (C=O) groups is 1. The van der Waals surface area contributed by atoms with Crippen molar-refractivity contribution in [1.82, 2.24) is 34.4 Å². The molecule has 0 bridgehead atoms. The fourth-order valence-electron chi connectivity index (χ4n) is 4.53. The minimum absolute atomic E-state index is 0.00464. The minimum Gasteiger partial charge on any atom is -0.459 e. The number of aromatic nitrogens is 6. The second kappa shape index (κ2) is 10.1. The number of nitrogens with zero attached hydrogens (tertiary/aromatic N) is 7. The highest BCUT2D eigenvalue weighted by Gasteiger charge is 2.32. The summed E-state index contributed by atoms with van der Waals surface area (Å²) in [6.45, 7) is 8.31. The number of rotatable bonds is 9. The van der Waals surface area contributed by atoms with Gasteiger partial charge in [-0.05, 0) is 38.0 Å². The molecular weight excluding hydrogens is 456 g/mol. The second-order valence-electron chi connectivity index (χ2n) is 9.36. The Morgan fingerprint density at radius 1 is 1.22 bits per heavy atom. The fourth-order valence-corrected chi connectivity index (χ4v) is 4.53. The van der Waals surface area contributed by atoms with Crippen LogP contribution in [0.2, 0.25) is 0 Å². The number of benzene rings is 1. The molecular formula is C26H32N8O2. The van der Waals surface area contributed by atoms with E-state index in [-0.39, 0.29) is 18.0 Å². The molecule has 1 fully saturated rings. The van der Waals surface area contributed by atoms with Crippen LogP contribution in [0.3, 0.4) is 0 Å². The van der Waals surface area contributed by atoms with E-state index in [1.54, 1.807) is 10.9 Å². The maximum atomic E-state index is 12.2. The summed E-state index contributed by atoms with van der Waals surface area (Å²) >= 11 is 0. The molecule has 10 nitrogen and oxygen atoms in total. The third kappa shape index (κ3) is 4.94. The predicted molar refractivity (Wildman–Crippen MR) is 137 cm³/mol. The Balaban J connectivity index is 1.21. The first-order valence-electron chi connectivity index (χ1n) is 12.4. The molecule has 1 aromatic carbocycles. The summed E-state index contributed by atoms with van der Waals surface area (Å²) in [4.78, 5) is 23.5. The van der Waals surface area contributed by atoms with Gasteiger partial charge < -0.3 is 10.1 Å². The predicted octanol–water partition coefficient (Wildman–Crippen LogP) is 3.76. The molecule has 0 saturated carbocycles. The molecule has 0 amide bonds. The number of nitrogens with one attached hydrogen (secondary N) is 1. The van der Waals surface area contributed by atoms with Crippen LogP contribution in [0.1, 0.15) is 37.9 Å². The SMILES string of the molecule is CCC(CC)C(=O)OC1CN(Cc2cn(-c3ccnc(Nc4ccc5c(cnn5C)c4)n3)nc2C)C1. The standard InChI is InChI=1S/C26H32N8O2/c1-5-18(6-2)25(35)36-22-15-33(16-22)13-20-14-34(31-17(20)3)24-9-10-27-26(30-24)29-21-7-8-23-19(11-21)12-28-32(23)4/h7-12,14,18,22H,5-6,13,15-16H2,1-4H3,(H,27,29,30). The summed E-state index contributed by atoms with van der Waals surface area (Å²) in [6.07, 6.45) is 7.19. The molecule has 0 unspecified atom stereocenters. The van der Waals surface area contributed by atoms with Gasteiger partial charge in [0.2, 0.25) is 5.95 Å². The first-order valence-corrected chi connectivity index (χ1v) is 12.4. The molecule has 1 aliphatic rings. The molecule has 4 aromatic rings. The van der Waals surface area contributed by atoms with Gasteiger partial charge in [-0.2, -0.15) is 15.2 Å². The molecule has 3 aromatic heterocycles. The Bertz CT molecular complexity index is 1370. The third-order valence-corrected chi connectivity index (χ3v) is 6.80. The average Bonchev–Trinajstić information content (AvgIpc) is 3.40. The molecule has 1 N–H and O–H groups in total. The van der Waals surface area contributed by atoms with Gasteiger partial charge in [0.15, 0.2) is 5.82 Å². The summed E-state index contributed by atoms with van der Waals surface area (Å²) in [5.74, 6) is 1.12. The van der Waals surface area contributed by atoms with E-state index in [9.17, 15) is 4.79 Å². The summed E-state index contributed by atoms with van der Waals surface area (Å²) < 4.78 is 9.29. The summed E-state index contributed by atoms with van der Waals surface area (Å²) in [5.41, 5.74) is 4.02. The van der Waals surface area contributed by atoms with Crippen molar-refractivity contribution in [3.63, 3.8) is 0 Å². The molecule has 0 atom stereocenters. The van der Waals surface area contributed by atoms with Crippen molar-refractivity contribution in [2.45, 2.75) is 46.3 Å². The van der Waals surface area contributed by atoms with Gasteiger partial charge in [-0.1, -0.05) is 13.8 Å². The maximum absolute atomic E-state index is 12.2. The summed E-state index contributed by atoms with van der Waals surface area (Å²) in [6, 6.07) is 7.86. The summed E-state index contributed by atoms with van der Waals surface area (Å²) in [5, 5.41) is 13.3. The smallest absolute Gasteiger partial charge is 0.309 e. The number of hydrogen-bond acceptors (Lipinski definition) is 8. The van der Waals surface area contributed by atoms with Crippen molar-refractivity contribution in [3.8, 4) is 5.82 Å². The Morgan fingerprint density at radius 3 is 2.81 bits per heavy atom. The van der Waals surface area contributed by atoms with Crippen LogP contribution in [0.15, 0.2) is 42.9 Å². The number of ether oxygens (including phenoxy) is 1. The van der Waals surface area contributed by atoms with Crippen molar-refractivity contribution in [3.05, 3.63) is 54.1 Å². The van der Waals surface area contributed by atoms with E-state index in [0.717, 1.165) is 60.3 Å². The largest absolute Gasteiger partial charge is 0.459 e. The average molecular weight is 489 g/mol. The van der Waals surface area contributed by atoms with Crippen molar-refractivity contribution in [1.29, 1.82) is 0 Å². The number of likely N-dealkylation sites (tertiary alicyclic amines) is 1. The quantitative estimate of drug-likeness (QED) is 0.355. The molecule has 5 rings (SSSR count). The van der Waals surface area contributed by atoms with Gasteiger partial charge in [0.05, 0.1) is 23.3 Å². The van der Waals surface area contributed by atoms with E-state index in [2.05, 4.69) is 30.4 Å². The number of aryl methyl sites for hydroxylation is 2. The number of carbonyl (C=O) groups excluding carboxylic acids is 1. The molecule has 1 saturated heterocycles. The van der Waals surface area contributed by atoms with Crippen molar-refractivity contribution in [2.75, 3.05) is 18.4 Å². The minimum atomic E-state index is -0.0674. The van der Waals surface area contributed by atoms with Crippen LogP contribution in [-0.2, 0) is 23.1 Å². The van der Waals surface area contributed by atoms with Gasteiger partial charge >= 0.3 is 5.97 Å². The lowest BCUT2D eigenvalue weighted by molar-refractivity contribution is -0.163. The van der Waals surface area contributed by atoms with Gasteiger partial charge in [-0.25, -0.2) is 9.67 Å². The topological polar surface area (TPSA) is 103 Å². The highest BCUT2D eigenvalue weighted by Crippen LogP contribution is 2.23. The van der Waals surface area contributed by atoms with Crippen LogP contribution < -0.4 is 5.32 Å². The Hall–Kier alpha value is -3.79. The first-order chi connectivity index (χ1) is 17.4. The van der Waals surface area contributed by atoms with Crippen molar-refractivity contribution >= 4 is 28.5 Å². The van der Waals surface area contributed by atoms with Crippen LogP contribution in [-0.4, -0.2) is 59.6 Å². The lowest BCUT2D eigenvalue weighted by Crippen LogP contribution is -2.52. The lowest BCUT2D eigenvalue weighted by atomic mass is 10.0. The van der Waals surface area contributed by atoms with Gasteiger partial charge in [0, 0.05) is 61.8 Å². The monoisotopic (exact) mass is 488 g/mol. The van der Waals surface area contributed by atoms with E-state index in [1.165, 1.54) is 0 Å². The lowest BCUT2D eigenvalue weighted by Gasteiger charge is -2.38. The highest BCUT2D eigenvalue weighted by molar-refractivity contribution is 5.83. The van der Waals surface area contributed by atoms with Gasteiger partial charge in [-0.3, -0.25) is 14.4 Å². The Labute approximate surface area is 210 Å². The fraction of sp³-hybridized carbons (Fsp3) is 0.423. The zero-order valence-corrected chi connectivity index (χ0v) is 21.2. The van der Waals surface area contributed by atoms with Crippen LogP contribution in [0.25, 0.3) is 16.7 Å². The first kappa shape index (κ1) is 23.9. The van der Waals surface area contributed by atoms with Crippen molar-refractivity contribution in [2.24, 2.45) is 13.0 Å². The van der Waals surface area contributed by atoms with E-state index < -0.39 is 0 Å². The Kier molecular flexibility index (Phi) is 6.69. The maximum Gasteiger partial charge on any atom is 0.309 e. The van der Waals surface area contributed by atoms with Crippen LogP contribution >= 0.6 is 0 Å². The van der Waals surface area contributed by atoms with Gasteiger partial charge in [0.1, 0.15) is 6.10 Å². The van der Waals surface area contributed by atoms with Crippen LogP contribution in [0, 0.1) is 12.8 Å². The zero-order valence-electron chi connectivity index (χ0n) is 21.2. The normalized spacial score (nSPS) is 14.4. The number of anilines is 2. The van der Waals surface area contributed by atoms with Crippen LogP contribution in [0.5, 0.6) is 0 Å². The molecule has 1 aliphatic heterocycles.